The lowest BCUT2D eigenvalue weighted by Crippen LogP contribution is -2.02. The van der Waals surface area contributed by atoms with Crippen LogP contribution in [0.15, 0.2) is 23.9 Å². The molecule has 1 aromatic rings. The molecule has 0 unspecified atom stereocenters. The highest BCUT2D eigenvalue weighted by Gasteiger charge is 2.13. The van der Waals surface area contributed by atoms with E-state index < -0.39 is 10.7 Å². The van der Waals surface area contributed by atoms with Crippen LogP contribution in [0, 0.1) is 21.8 Å². The fourth-order valence-electron chi connectivity index (χ4n) is 1.57. The summed E-state index contributed by atoms with van der Waals surface area (Å²) in [5.41, 5.74) is 0.537. The number of hydrogen-bond donors (Lipinski definition) is 0. The first-order chi connectivity index (χ1) is 8.43. The first-order valence-corrected chi connectivity index (χ1v) is 5.62. The van der Waals surface area contributed by atoms with Crippen LogP contribution in [0.25, 0.3) is 6.08 Å². The molecule has 0 radical (unpaired) electrons. The first kappa shape index (κ1) is 14.2. The van der Waals surface area contributed by atoms with Crippen molar-refractivity contribution in [2.45, 2.75) is 20.3 Å². The van der Waals surface area contributed by atoms with Crippen molar-refractivity contribution in [3.8, 4) is 5.75 Å². The molecule has 0 saturated carbocycles. The SMILES string of the molecule is COc1ccc(C=C(CC(C)C)[N+](=O)[O-])cc1F. The van der Waals surface area contributed by atoms with Crippen LogP contribution in [0.4, 0.5) is 4.39 Å². The smallest absolute Gasteiger partial charge is 0.247 e. The zero-order valence-electron chi connectivity index (χ0n) is 10.6. The summed E-state index contributed by atoms with van der Waals surface area (Å²) in [6, 6.07) is 4.27. The molecular weight excluding hydrogens is 237 g/mol. The quantitative estimate of drug-likeness (QED) is 0.596. The molecule has 0 N–H and O–H groups in total. The third-order valence-electron chi connectivity index (χ3n) is 2.36. The van der Waals surface area contributed by atoms with Gasteiger partial charge in [0, 0.05) is 12.5 Å². The van der Waals surface area contributed by atoms with Crippen molar-refractivity contribution in [3.05, 3.63) is 45.4 Å². The van der Waals surface area contributed by atoms with Crippen LogP contribution in [-0.4, -0.2) is 12.0 Å². The minimum Gasteiger partial charge on any atom is -0.494 e. The highest BCUT2D eigenvalue weighted by molar-refractivity contribution is 5.52. The van der Waals surface area contributed by atoms with Crippen molar-refractivity contribution in [2.24, 2.45) is 5.92 Å². The van der Waals surface area contributed by atoms with Gasteiger partial charge in [-0.2, -0.15) is 0 Å². The van der Waals surface area contributed by atoms with E-state index in [4.69, 9.17) is 4.74 Å². The van der Waals surface area contributed by atoms with E-state index in [1.54, 1.807) is 6.07 Å². The van der Waals surface area contributed by atoms with Gasteiger partial charge in [0.05, 0.1) is 12.0 Å². The Morgan fingerprint density at radius 1 is 1.56 bits per heavy atom. The normalized spacial score (nSPS) is 11.7. The molecule has 0 bridgehead atoms. The number of rotatable bonds is 5. The van der Waals surface area contributed by atoms with Crippen LogP contribution in [-0.2, 0) is 0 Å². The molecule has 0 fully saturated rings. The number of benzene rings is 1. The van der Waals surface area contributed by atoms with E-state index in [0.717, 1.165) is 0 Å². The molecule has 0 aromatic heterocycles. The van der Waals surface area contributed by atoms with E-state index in [-0.39, 0.29) is 17.4 Å². The number of ether oxygens (including phenoxy) is 1. The molecule has 0 saturated heterocycles. The molecule has 0 aliphatic heterocycles. The van der Waals surface area contributed by atoms with E-state index in [2.05, 4.69) is 0 Å². The van der Waals surface area contributed by atoms with Crippen molar-refractivity contribution in [3.63, 3.8) is 0 Å². The summed E-state index contributed by atoms with van der Waals surface area (Å²) in [7, 11) is 1.37. The number of nitrogens with zero attached hydrogens (tertiary/aromatic N) is 1. The zero-order chi connectivity index (χ0) is 13.7. The second-order valence-electron chi connectivity index (χ2n) is 4.38. The second kappa shape index (κ2) is 6.14. The van der Waals surface area contributed by atoms with E-state index in [0.29, 0.717) is 12.0 Å². The Labute approximate surface area is 105 Å². The Bertz CT molecular complexity index is 469. The molecule has 0 atom stereocenters. The van der Waals surface area contributed by atoms with Crippen LogP contribution in [0.2, 0.25) is 0 Å². The van der Waals surface area contributed by atoms with Gasteiger partial charge in [-0.25, -0.2) is 4.39 Å². The molecule has 0 spiro atoms. The van der Waals surface area contributed by atoms with Gasteiger partial charge in [-0.3, -0.25) is 10.1 Å². The third kappa shape index (κ3) is 3.84. The molecule has 0 aliphatic carbocycles. The van der Waals surface area contributed by atoms with E-state index in [1.807, 2.05) is 13.8 Å². The fraction of sp³-hybridized carbons (Fsp3) is 0.385. The summed E-state index contributed by atoms with van der Waals surface area (Å²) < 4.78 is 18.2. The predicted molar refractivity (Wildman–Crippen MR) is 67.4 cm³/mol. The maximum Gasteiger partial charge on any atom is 0.247 e. The minimum atomic E-state index is -0.529. The lowest BCUT2D eigenvalue weighted by molar-refractivity contribution is -0.427. The van der Waals surface area contributed by atoms with Gasteiger partial charge in [0.2, 0.25) is 5.70 Å². The van der Waals surface area contributed by atoms with Crippen LogP contribution in [0.5, 0.6) is 5.75 Å². The number of hydrogen-bond acceptors (Lipinski definition) is 3. The molecule has 1 rings (SSSR count). The van der Waals surface area contributed by atoms with Crippen LogP contribution >= 0.6 is 0 Å². The van der Waals surface area contributed by atoms with Gasteiger partial charge in [-0.05, 0) is 23.6 Å². The Morgan fingerprint density at radius 3 is 2.67 bits per heavy atom. The maximum absolute atomic E-state index is 13.4. The van der Waals surface area contributed by atoms with Crippen molar-refractivity contribution in [2.75, 3.05) is 7.11 Å². The summed E-state index contributed by atoms with van der Waals surface area (Å²) >= 11 is 0. The molecule has 0 aliphatic rings. The number of halogens is 1. The molecule has 0 heterocycles. The molecule has 18 heavy (non-hydrogen) atoms. The van der Waals surface area contributed by atoms with Crippen LogP contribution in [0.1, 0.15) is 25.8 Å². The van der Waals surface area contributed by atoms with Crippen molar-refractivity contribution in [1.29, 1.82) is 0 Å². The summed E-state index contributed by atoms with van der Waals surface area (Å²) in [6.07, 6.45) is 1.74. The molecular formula is C13H16FNO3. The largest absolute Gasteiger partial charge is 0.494 e. The minimum absolute atomic E-state index is 0.0783. The number of methoxy groups -OCH3 is 1. The number of allylic oxidation sites excluding steroid dienone is 1. The van der Waals surface area contributed by atoms with Gasteiger partial charge < -0.3 is 4.74 Å². The predicted octanol–water partition coefficient (Wildman–Crippen LogP) is 3.50. The highest BCUT2D eigenvalue weighted by atomic mass is 19.1. The average Bonchev–Trinajstić information content (AvgIpc) is 2.27. The first-order valence-electron chi connectivity index (χ1n) is 5.62. The second-order valence-corrected chi connectivity index (χ2v) is 4.38. The topological polar surface area (TPSA) is 52.4 Å². The van der Waals surface area contributed by atoms with Gasteiger partial charge in [-0.15, -0.1) is 0 Å². The van der Waals surface area contributed by atoms with E-state index in [9.17, 15) is 14.5 Å². The summed E-state index contributed by atoms with van der Waals surface area (Å²) in [5.74, 6) is -0.234. The Hall–Kier alpha value is -1.91. The van der Waals surface area contributed by atoms with Crippen LogP contribution in [0.3, 0.4) is 0 Å². The lowest BCUT2D eigenvalue weighted by Gasteiger charge is -2.04. The zero-order valence-corrected chi connectivity index (χ0v) is 10.6. The number of nitro groups is 1. The monoisotopic (exact) mass is 253 g/mol. The Balaban J connectivity index is 3.04. The maximum atomic E-state index is 13.4. The van der Waals surface area contributed by atoms with Gasteiger partial charge >= 0.3 is 0 Å². The Kier molecular flexibility index (Phi) is 4.83. The molecule has 98 valence electrons. The van der Waals surface area contributed by atoms with E-state index >= 15 is 0 Å². The van der Waals surface area contributed by atoms with Crippen LogP contribution < -0.4 is 4.74 Å². The summed E-state index contributed by atoms with van der Waals surface area (Å²) in [6.45, 7) is 3.79. The average molecular weight is 253 g/mol. The van der Waals surface area contributed by atoms with Gasteiger partial charge in [0.1, 0.15) is 0 Å². The lowest BCUT2D eigenvalue weighted by atomic mass is 10.1. The third-order valence-corrected chi connectivity index (χ3v) is 2.36. The highest BCUT2D eigenvalue weighted by Crippen LogP contribution is 2.21. The standard InChI is InChI=1S/C13H16FNO3/c1-9(2)6-11(15(16)17)7-10-4-5-13(18-3)12(14)8-10/h4-5,7-9H,6H2,1-3H3. The van der Waals surface area contributed by atoms with Gasteiger partial charge in [0.15, 0.2) is 11.6 Å². The fourth-order valence-corrected chi connectivity index (χ4v) is 1.57. The summed E-state index contributed by atoms with van der Waals surface area (Å²) in [4.78, 5) is 10.4. The molecule has 1 aromatic carbocycles. The summed E-state index contributed by atoms with van der Waals surface area (Å²) in [5, 5.41) is 10.9. The van der Waals surface area contributed by atoms with Crippen molar-refractivity contribution < 1.29 is 14.1 Å². The molecule has 5 heteroatoms. The van der Waals surface area contributed by atoms with Crippen molar-refractivity contribution >= 4 is 6.08 Å². The van der Waals surface area contributed by atoms with E-state index in [1.165, 1.54) is 25.3 Å². The molecule has 4 nitrogen and oxygen atoms in total. The van der Waals surface area contributed by atoms with Gasteiger partial charge in [-0.1, -0.05) is 19.9 Å². The Morgan fingerprint density at radius 2 is 2.22 bits per heavy atom. The molecule has 0 amide bonds. The van der Waals surface area contributed by atoms with Gasteiger partial charge in [0.25, 0.3) is 0 Å². The van der Waals surface area contributed by atoms with Crippen molar-refractivity contribution in [1.82, 2.24) is 0 Å².